The van der Waals surface area contributed by atoms with Crippen molar-refractivity contribution in [2.75, 3.05) is 0 Å². The van der Waals surface area contributed by atoms with Gasteiger partial charge in [-0.05, 0) is 18.9 Å². The van der Waals surface area contributed by atoms with E-state index in [2.05, 4.69) is 10.4 Å². The lowest BCUT2D eigenvalue weighted by Gasteiger charge is -2.24. The number of rotatable bonds is 4. The monoisotopic (exact) mass is 263 g/mol. The van der Waals surface area contributed by atoms with Crippen molar-refractivity contribution in [2.24, 2.45) is 18.9 Å². The van der Waals surface area contributed by atoms with Crippen molar-refractivity contribution in [2.45, 2.75) is 19.4 Å². The number of carboxylic acid groups (broad SMARTS) is 1. The van der Waals surface area contributed by atoms with Gasteiger partial charge in [0.25, 0.3) is 0 Å². The molecule has 1 aromatic rings. The summed E-state index contributed by atoms with van der Waals surface area (Å²) in [6.45, 7) is 0.363. The van der Waals surface area contributed by atoms with Gasteiger partial charge in [0, 0.05) is 13.2 Å². The van der Waals surface area contributed by atoms with E-state index in [9.17, 15) is 9.59 Å². The molecular formula is C13H17N3O3. The minimum atomic E-state index is -0.912. The van der Waals surface area contributed by atoms with Gasteiger partial charge in [-0.15, -0.1) is 0 Å². The molecule has 0 aliphatic heterocycles. The Balaban J connectivity index is 1.97. The summed E-state index contributed by atoms with van der Waals surface area (Å²) in [4.78, 5) is 23.2. The van der Waals surface area contributed by atoms with Crippen molar-refractivity contribution in [3.63, 3.8) is 0 Å². The molecule has 0 radical (unpaired) electrons. The standard InChI is InChI=1S/C13H17N3O3/c1-16-9(6-7-15-16)8-14-12(17)10-4-2-3-5-11(10)13(18)19/h2-3,6-7,10-11H,4-5,8H2,1H3,(H,14,17)(H,18,19)/t10-,11+/m1/s1. The average molecular weight is 263 g/mol. The molecule has 1 aromatic heterocycles. The summed E-state index contributed by atoms with van der Waals surface area (Å²) in [5.41, 5.74) is 0.881. The first kappa shape index (κ1) is 13.3. The molecule has 6 heteroatoms. The van der Waals surface area contributed by atoms with Crippen LogP contribution in [0.5, 0.6) is 0 Å². The molecule has 6 nitrogen and oxygen atoms in total. The van der Waals surface area contributed by atoms with Gasteiger partial charge < -0.3 is 10.4 Å². The lowest BCUT2D eigenvalue weighted by atomic mass is 9.82. The van der Waals surface area contributed by atoms with Crippen molar-refractivity contribution in [3.05, 3.63) is 30.1 Å². The van der Waals surface area contributed by atoms with Crippen LogP contribution in [0.25, 0.3) is 0 Å². The molecule has 0 saturated heterocycles. The number of aromatic nitrogens is 2. The molecule has 1 aliphatic carbocycles. The van der Waals surface area contributed by atoms with E-state index in [1.54, 1.807) is 17.9 Å². The van der Waals surface area contributed by atoms with E-state index in [-0.39, 0.29) is 5.91 Å². The highest BCUT2D eigenvalue weighted by molar-refractivity contribution is 5.85. The smallest absolute Gasteiger partial charge is 0.307 e. The molecule has 19 heavy (non-hydrogen) atoms. The number of aryl methyl sites for hydroxylation is 1. The van der Waals surface area contributed by atoms with Gasteiger partial charge in [-0.1, -0.05) is 12.2 Å². The van der Waals surface area contributed by atoms with Crippen LogP contribution in [0.4, 0.5) is 0 Å². The van der Waals surface area contributed by atoms with Crippen molar-refractivity contribution < 1.29 is 14.7 Å². The third-order valence-corrected chi connectivity index (χ3v) is 3.45. The van der Waals surface area contributed by atoms with Gasteiger partial charge >= 0.3 is 5.97 Å². The number of amides is 1. The minimum Gasteiger partial charge on any atom is -0.481 e. The molecule has 2 rings (SSSR count). The van der Waals surface area contributed by atoms with Gasteiger partial charge in [0.1, 0.15) is 0 Å². The number of allylic oxidation sites excluding steroid dienone is 2. The largest absolute Gasteiger partial charge is 0.481 e. The molecular weight excluding hydrogens is 246 g/mol. The number of carbonyl (C=O) groups is 2. The zero-order chi connectivity index (χ0) is 13.8. The Labute approximate surface area is 111 Å². The first-order chi connectivity index (χ1) is 9.09. The molecule has 0 fully saturated rings. The Morgan fingerprint density at radius 2 is 2.11 bits per heavy atom. The van der Waals surface area contributed by atoms with Crippen LogP contribution in [0.2, 0.25) is 0 Å². The SMILES string of the molecule is Cn1nccc1CNC(=O)[C@@H]1CC=CC[C@@H]1C(=O)O. The van der Waals surface area contributed by atoms with Crippen LogP contribution in [0, 0.1) is 11.8 Å². The van der Waals surface area contributed by atoms with E-state index in [1.165, 1.54) is 0 Å². The molecule has 1 heterocycles. The molecule has 0 bridgehead atoms. The van der Waals surface area contributed by atoms with Crippen molar-refractivity contribution in [1.82, 2.24) is 15.1 Å². The van der Waals surface area contributed by atoms with Gasteiger partial charge in [-0.3, -0.25) is 14.3 Å². The summed E-state index contributed by atoms with van der Waals surface area (Å²) in [6, 6.07) is 1.82. The molecule has 2 N–H and O–H groups in total. The summed E-state index contributed by atoms with van der Waals surface area (Å²) in [6.07, 6.45) is 6.25. The maximum Gasteiger partial charge on any atom is 0.307 e. The Morgan fingerprint density at radius 1 is 1.42 bits per heavy atom. The summed E-state index contributed by atoms with van der Waals surface area (Å²) in [7, 11) is 1.80. The van der Waals surface area contributed by atoms with Gasteiger partial charge in [0.2, 0.25) is 5.91 Å². The number of nitrogens with zero attached hydrogens (tertiary/aromatic N) is 2. The van der Waals surface area contributed by atoms with Gasteiger partial charge in [-0.25, -0.2) is 0 Å². The Morgan fingerprint density at radius 3 is 2.68 bits per heavy atom. The van der Waals surface area contributed by atoms with E-state index in [0.717, 1.165) is 5.69 Å². The molecule has 2 atom stereocenters. The maximum absolute atomic E-state index is 12.1. The second-order valence-electron chi connectivity index (χ2n) is 4.66. The Kier molecular flexibility index (Phi) is 3.99. The van der Waals surface area contributed by atoms with Gasteiger partial charge in [0.15, 0.2) is 0 Å². The fourth-order valence-corrected chi connectivity index (χ4v) is 2.26. The normalized spacial score (nSPS) is 22.2. The number of hydrogen-bond donors (Lipinski definition) is 2. The lowest BCUT2D eigenvalue weighted by molar-refractivity contribution is -0.147. The van der Waals surface area contributed by atoms with E-state index < -0.39 is 17.8 Å². The topological polar surface area (TPSA) is 84.2 Å². The maximum atomic E-state index is 12.1. The van der Waals surface area contributed by atoms with Gasteiger partial charge in [0.05, 0.1) is 24.1 Å². The Bertz CT molecular complexity index is 507. The minimum absolute atomic E-state index is 0.210. The second kappa shape index (κ2) is 5.69. The van der Waals surface area contributed by atoms with Crippen molar-refractivity contribution in [1.29, 1.82) is 0 Å². The predicted molar refractivity (Wildman–Crippen MR) is 68.0 cm³/mol. The van der Waals surface area contributed by atoms with E-state index in [4.69, 9.17) is 5.11 Å². The van der Waals surface area contributed by atoms with Crippen molar-refractivity contribution >= 4 is 11.9 Å². The molecule has 0 aromatic carbocycles. The highest BCUT2D eigenvalue weighted by Crippen LogP contribution is 2.26. The first-order valence-corrected chi connectivity index (χ1v) is 6.22. The van der Waals surface area contributed by atoms with Crippen LogP contribution < -0.4 is 5.32 Å². The van der Waals surface area contributed by atoms with Crippen LogP contribution in [0.15, 0.2) is 24.4 Å². The van der Waals surface area contributed by atoms with Crippen LogP contribution >= 0.6 is 0 Å². The second-order valence-corrected chi connectivity index (χ2v) is 4.66. The fourth-order valence-electron chi connectivity index (χ4n) is 2.26. The molecule has 1 amide bonds. The number of aliphatic carboxylic acids is 1. The lowest BCUT2D eigenvalue weighted by Crippen LogP contribution is -2.38. The fraction of sp³-hybridized carbons (Fsp3) is 0.462. The highest BCUT2D eigenvalue weighted by atomic mass is 16.4. The number of carboxylic acids is 1. The zero-order valence-electron chi connectivity index (χ0n) is 10.7. The van der Waals surface area contributed by atoms with Gasteiger partial charge in [-0.2, -0.15) is 5.10 Å². The number of nitrogens with one attached hydrogen (secondary N) is 1. The Hall–Kier alpha value is -2.11. The summed E-state index contributed by atoms with van der Waals surface area (Å²) in [5.74, 6) is -2.24. The zero-order valence-corrected chi connectivity index (χ0v) is 10.7. The van der Waals surface area contributed by atoms with E-state index >= 15 is 0 Å². The molecule has 0 saturated carbocycles. The average Bonchev–Trinajstić information content (AvgIpc) is 2.81. The number of hydrogen-bond acceptors (Lipinski definition) is 3. The van der Waals surface area contributed by atoms with Crippen LogP contribution in [-0.4, -0.2) is 26.8 Å². The molecule has 0 spiro atoms. The summed E-state index contributed by atoms with van der Waals surface area (Å²) in [5, 5.41) is 15.9. The third-order valence-electron chi connectivity index (χ3n) is 3.45. The summed E-state index contributed by atoms with van der Waals surface area (Å²) < 4.78 is 1.68. The predicted octanol–water partition coefficient (Wildman–Crippen LogP) is 0.703. The van der Waals surface area contributed by atoms with Crippen LogP contribution in [0.3, 0.4) is 0 Å². The number of carbonyl (C=O) groups excluding carboxylic acids is 1. The highest BCUT2D eigenvalue weighted by Gasteiger charge is 2.33. The molecule has 1 aliphatic rings. The summed E-state index contributed by atoms with van der Waals surface area (Å²) >= 11 is 0. The van der Waals surface area contributed by atoms with Crippen LogP contribution in [0.1, 0.15) is 18.5 Å². The van der Waals surface area contributed by atoms with E-state index in [0.29, 0.717) is 19.4 Å². The van der Waals surface area contributed by atoms with Crippen molar-refractivity contribution in [3.8, 4) is 0 Å². The van der Waals surface area contributed by atoms with E-state index in [1.807, 2.05) is 18.2 Å². The molecule has 0 unspecified atom stereocenters. The quantitative estimate of drug-likeness (QED) is 0.783. The first-order valence-electron chi connectivity index (χ1n) is 6.22. The van der Waals surface area contributed by atoms with Crippen LogP contribution in [-0.2, 0) is 23.2 Å². The molecule has 102 valence electrons. The third kappa shape index (κ3) is 3.01.